The molecule has 0 atom stereocenters. The fourth-order valence-electron chi connectivity index (χ4n) is 2.16. The van der Waals surface area contributed by atoms with E-state index in [0.29, 0.717) is 6.54 Å². The lowest BCUT2D eigenvalue weighted by molar-refractivity contribution is 0.474. The molecule has 3 rings (SSSR count). The van der Waals surface area contributed by atoms with Gasteiger partial charge >= 0.3 is 0 Å². The van der Waals surface area contributed by atoms with Gasteiger partial charge in [0.15, 0.2) is 0 Å². The zero-order valence-electron chi connectivity index (χ0n) is 10.9. The van der Waals surface area contributed by atoms with Crippen molar-refractivity contribution >= 4 is 5.69 Å². The van der Waals surface area contributed by atoms with Gasteiger partial charge in [-0.05, 0) is 35.4 Å². The first-order chi connectivity index (χ1) is 9.70. The van der Waals surface area contributed by atoms with Crippen molar-refractivity contribution < 1.29 is 5.11 Å². The number of anilines is 1. The molecule has 0 aliphatic heterocycles. The second-order valence-electron chi connectivity index (χ2n) is 4.72. The van der Waals surface area contributed by atoms with Crippen LogP contribution in [0, 0.1) is 0 Å². The van der Waals surface area contributed by atoms with E-state index in [1.165, 1.54) is 0 Å². The first kappa shape index (κ1) is 12.3. The number of nitrogen functional groups attached to an aromatic ring is 1. The molecular weight excluding hydrogens is 250 g/mol. The van der Waals surface area contributed by atoms with E-state index in [4.69, 9.17) is 5.73 Å². The number of phenols is 1. The maximum atomic E-state index is 9.46. The molecule has 20 heavy (non-hydrogen) atoms. The molecule has 0 spiro atoms. The molecule has 3 aromatic rings. The molecule has 2 aromatic carbocycles. The van der Waals surface area contributed by atoms with Crippen molar-refractivity contribution in [1.82, 2.24) is 9.78 Å². The highest BCUT2D eigenvalue weighted by Gasteiger charge is 2.03. The molecule has 0 fully saturated rings. The van der Waals surface area contributed by atoms with Gasteiger partial charge in [-0.15, -0.1) is 0 Å². The second kappa shape index (κ2) is 5.09. The molecule has 3 N–H and O–H groups in total. The predicted octanol–water partition coefficient (Wildman–Crippen LogP) is 2.89. The monoisotopic (exact) mass is 265 g/mol. The van der Waals surface area contributed by atoms with Crippen molar-refractivity contribution in [2.24, 2.45) is 0 Å². The van der Waals surface area contributed by atoms with Crippen LogP contribution >= 0.6 is 0 Å². The quantitative estimate of drug-likeness (QED) is 0.716. The number of nitrogens with two attached hydrogens (primary N) is 1. The van der Waals surface area contributed by atoms with Crippen LogP contribution in [0.15, 0.2) is 60.9 Å². The maximum Gasteiger partial charge on any atom is 0.115 e. The molecule has 1 heterocycles. The average molecular weight is 265 g/mol. The van der Waals surface area contributed by atoms with Gasteiger partial charge in [-0.2, -0.15) is 5.10 Å². The van der Waals surface area contributed by atoms with E-state index in [-0.39, 0.29) is 5.75 Å². The van der Waals surface area contributed by atoms with Crippen molar-refractivity contribution in [2.45, 2.75) is 6.54 Å². The van der Waals surface area contributed by atoms with Crippen molar-refractivity contribution in [1.29, 1.82) is 0 Å². The molecule has 0 bridgehead atoms. The Bertz CT molecular complexity index is 734. The van der Waals surface area contributed by atoms with Gasteiger partial charge in [-0.1, -0.05) is 24.3 Å². The lowest BCUT2D eigenvalue weighted by Crippen LogP contribution is -1.99. The minimum atomic E-state index is 0.269. The molecule has 0 saturated heterocycles. The minimum absolute atomic E-state index is 0.269. The molecule has 0 unspecified atom stereocenters. The summed E-state index contributed by atoms with van der Waals surface area (Å²) in [6, 6.07) is 14.9. The smallest absolute Gasteiger partial charge is 0.115 e. The van der Waals surface area contributed by atoms with E-state index in [1.54, 1.807) is 12.1 Å². The van der Waals surface area contributed by atoms with Crippen LogP contribution in [0.3, 0.4) is 0 Å². The highest BCUT2D eigenvalue weighted by Crippen LogP contribution is 2.21. The fraction of sp³-hybridized carbons (Fsp3) is 0.0625. The third-order valence-electron chi connectivity index (χ3n) is 3.11. The van der Waals surface area contributed by atoms with E-state index in [2.05, 4.69) is 5.10 Å². The van der Waals surface area contributed by atoms with Crippen LogP contribution in [0.4, 0.5) is 5.69 Å². The van der Waals surface area contributed by atoms with Crippen LogP contribution < -0.4 is 5.73 Å². The Kier molecular flexibility index (Phi) is 3.13. The highest BCUT2D eigenvalue weighted by atomic mass is 16.3. The molecule has 1 aromatic heterocycles. The Morgan fingerprint density at radius 3 is 2.70 bits per heavy atom. The summed E-state index contributed by atoms with van der Waals surface area (Å²) in [5, 5.41) is 13.8. The number of benzene rings is 2. The number of hydrogen-bond acceptors (Lipinski definition) is 3. The maximum absolute atomic E-state index is 9.46. The Hall–Kier alpha value is -2.75. The number of aromatic hydroxyl groups is 1. The Balaban J connectivity index is 1.84. The lowest BCUT2D eigenvalue weighted by atomic mass is 10.1. The first-order valence-corrected chi connectivity index (χ1v) is 6.37. The van der Waals surface area contributed by atoms with Gasteiger partial charge in [0.25, 0.3) is 0 Å². The van der Waals surface area contributed by atoms with E-state index in [0.717, 1.165) is 22.4 Å². The number of hydrogen-bond donors (Lipinski definition) is 2. The van der Waals surface area contributed by atoms with Gasteiger partial charge < -0.3 is 10.8 Å². The zero-order chi connectivity index (χ0) is 13.9. The molecule has 0 saturated carbocycles. The average Bonchev–Trinajstić information content (AvgIpc) is 2.87. The molecular formula is C16H15N3O. The fourth-order valence-corrected chi connectivity index (χ4v) is 2.16. The molecule has 0 aliphatic rings. The topological polar surface area (TPSA) is 64.1 Å². The van der Waals surface area contributed by atoms with Gasteiger partial charge in [0.1, 0.15) is 5.75 Å². The van der Waals surface area contributed by atoms with Crippen molar-refractivity contribution in [3.8, 4) is 16.9 Å². The summed E-state index contributed by atoms with van der Waals surface area (Å²) in [5.74, 6) is 0.269. The van der Waals surface area contributed by atoms with Gasteiger partial charge in [0.2, 0.25) is 0 Å². The van der Waals surface area contributed by atoms with Crippen molar-refractivity contribution in [2.75, 3.05) is 5.73 Å². The Labute approximate surface area is 117 Å². The molecule has 4 nitrogen and oxygen atoms in total. The standard InChI is InChI=1S/C16H15N3O/c17-15-5-2-4-13(8-15)14-9-18-19(11-14)10-12-3-1-6-16(20)7-12/h1-9,11,20H,10,17H2. The SMILES string of the molecule is Nc1cccc(-c2cnn(Cc3cccc(O)c3)c2)c1. The first-order valence-electron chi connectivity index (χ1n) is 6.37. The number of rotatable bonds is 3. The van der Waals surface area contributed by atoms with E-state index in [1.807, 2.05) is 53.5 Å². The third-order valence-corrected chi connectivity index (χ3v) is 3.11. The minimum Gasteiger partial charge on any atom is -0.508 e. The Morgan fingerprint density at radius 1 is 1.05 bits per heavy atom. The second-order valence-corrected chi connectivity index (χ2v) is 4.72. The summed E-state index contributed by atoms with van der Waals surface area (Å²) in [6.45, 7) is 0.622. The van der Waals surface area contributed by atoms with E-state index >= 15 is 0 Å². The van der Waals surface area contributed by atoms with Crippen molar-refractivity contribution in [3.63, 3.8) is 0 Å². The van der Waals surface area contributed by atoms with E-state index < -0.39 is 0 Å². The van der Waals surface area contributed by atoms with Crippen LogP contribution in [0.5, 0.6) is 5.75 Å². The van der Waals surface area contributed by atoms with E-state index in [9.17, 15) is 5.11 Å². The summed E-state index contributed by atoms with van der Waals surface area (Å²) in [4.78, 5) is 0. The largest absolute Gasteiger partial charge is 0.508 e. The third kappa shape index (κ3) is 2.64. The van der Waals surface area contributed by atoms with Gasteiger partial charge in [-0.25, -0.2) is 0 Å². The van der Waals surface area contributed by atoms with Crippen LogP contribution in [-0.2, 0) is 6.54 Å². The molecule has 0 radical (unpaired) electrons. The summed E-state index contributed by atoms with van der Waals surface area (Å²) < 4.78 is 1.84. The van der Waals surface area contributed by atoms with Crippen LogP contribution in [0.1, 0.15) is 5.56 Å². The number of nitrogens with zero attached hydrogens (tertiary/aromatic N) is 2. The summed E-state index contributed by atoms with van der Waals surface area (Å²) in [6.07, 6.45) is 3.79. The molecule has 0 aliphatic carbocycles. The van der Waals surface area contributed by atoms with Crippen LogP contribution in [0.2, 0.25) is 0 Å². The Morgan fingerprint density at radius 2 is 1.90 bits per heavy atom. The summed E-state index contributed by atoms with van der Waals surface area (Å²) >= 11 is 0. The number of phenolic OH excluding ortho intramolecular Hbond substituents is 1. The van der Waals surface area contributed by atoms with Crippen LogP contribution in [-0.4, -0.2) is 14.9 Å². The van der Waals surface area contributed by atoms with Gasteiger partial charge in [0.05, 0.1) is 12.7 Å². The zero-order valence-corrected chi connectivity index (χ0v) is 10.9. The highest BCUT2D eigenvalue weighted by molar-refractivity contribution is 5.65. The molecule has 100 valence electrons. The predicted molar refractivity (Wildman–Crippen MR) is 79.3 cm³/mol. The molecule has 4 heteroatoms. The lowest BCUT2D eigenvalue weighted by Gasteiger charge is -2.02. The van der Waals surface area contributed by atoms with Crippen LogP contribution in [0.25, 0.3) is 11.1 Å². The number of aromatic nitrogens is 2. The van der Waals surface area contributed by atoms with Crippen molar-refractivity contribution in [3.05, 3.63) is 66.5 Å². The summed E-state index contributed by atoms with van der Waals surface area (Å²) in [5.41, 5.74) is 9.61. The van der Waals surface area contributed by atoms with Gasteiger partial charge in [0, 0.05) is 17.4 Å². The summed E-state index contributed by atoms with van der Waals surface area (Å²) in [7, 11) is 0. The van der Waals surface area contributed by atoms with Gasteiger partial charge in [-0.3, -0.25) is 4.68 Å². The normalized spacial score (nSPS) is 10.6. The molecule has 0 amide bonds.